The molecule has 13 rings (SSSR count). The van der Waals surface area contributed by atoms with Crippen molar-refractivity contribution in [3.8, 4) is 27.9 Å². The Morgan fingerprint density at radius 1 is 0.528 bits per heavy atom. The van der Waals surface area contributed by atoms with Gasteiger partial charge in [-0.15, -0.1) is 0 Å². The molecule has 0 radical (unpaired) electrons. The zero-order valence-electron chi connectivity index (χ0n) is 45.3. The number of hydrogen-bond donors (Lipinski definition) is 1. The van der Waals surface area contributed by atoms with Gasteiger partial charge < -0.3 is 18.7 Å². The van der Waals surface area contributed by atoms with Crippen molar-refractivity contribution < 1.29 is 8.83 Å². The Morgan fingerprint density at radius 2 is 1.12 bits per heavy atom. The van der Waals surface area contributed by atoms with Crippen molar-refractivity contribution in [1.82, 2.24) is 4.57 Å². The molecule has 4 nitrogen and oxygen atoms in total. The van der Waals surface area contributed by atoms with Crippen LogP contribution in [0.25, 0.3) is 82.7 Å². The van der Waals surface area contributed by atoms with E-state index in [4.69, 9.17) is 8.83 Å². The molecule has 0 atom stereocenters. The Hall–Kier alpha value is -6.46. The molecule has 4 heterocycles. The number of rotatable bonds is 3. The molecule has 0 bridgehead atoms. The first kappa shape index (κ1) is 45.4. The summed E-state index contributed by atoms with van der Waals surface area (Å²) in [4.78, 5) is 0. The van der Waals surface area contributed by atoms with Gasteiger partial charge in [-0.05, 0) is 156 Å². The Bertz CT molecular complexity index is 3990. The van der Waals surface area contributed by atoms with Crippen LogP contribution in [0.2, 0.25) is 0 Å². The first-order chi connectivity index (χ1) is 33.8. The number of nitrogens with zero attached hydrogens (tertiary/aromatic N) is 1. The van der Waals surface area contributed by atoms with Gasteiger partial charge in [0.2, 0.25) is 7.28 Å². The minimum atomic E-state index is -0.311. The summed E-state index contributed by atoms with van der Waals surface area (Å²) >= 11 is 0. The minimum Gasteiger partial charge on any atom is -0.469 e. The Kier molecular flexibility index (Phi) is 9.08. The molecule has 0 spiro atoms. The van der Waals surface area contributed by atoms with E-state index in [0.717, 1.165) is 52.0 Å². The highest BCUT2D eigenvalue weighted by Crippen LogP contribution is 2.58. The highest BCUT2D eigenvalue weighted by Gasteiger charge is 2.44. The Morgan fingerprint density at radius 3 is 1.81 bits per heavy atom. The third kappa shape index (κ3) is 6.37. The van der Waals surface area contributed by atoms with Gasteiger partial charge in [-0.1, -0.05) is 152 Å². The molecular weight excluding hydrogens is 876 g/mol. The smallest absolute Gasteiger partial charge is 0.244 e. The number of fused-ring (bicyclic) bond motifs is 15. The van der Waals surface area contributed by atoms with E-state index in [1.54, 1.807) is 0 Å². The van der Waals surface area contributed by atoms with Crippen LogP contribution in [0.4, 0.5) is 11.4 Å². The maximum absolute atomic E-state index is 7.18. The summed E-state index contributed by atoms with van der Waals surface area (Å²) in [5, 5.41) is 10.2. The van der Waals surface area contributed by atoms with Gasteiger partial charge in [-0.25, -0.2) is 0 Å². The van der Waals surface area contributed by atoms with Crippen molar-refractivity contribution in [1.29, 1.82) is 0 Å². The van der Waals surface area contributed by atoms with Gasteiger partial charge in [0.25, 0.3) is 0 Å². The topological polar surface area (TPSA) is 43.2 Å². The van der Waals surface area contributed by atoms with E-state index < -0.39 is 0 Å². The van der Waals surface area contributed by atoms with E-state index in [-0.39, 0.29) is 32.5 Å². The van der Waals surface area contributed by atoms with Crippen molar-refractivity contribution in [2.45, 2.75) is 149 Å². The number of furan rings is 2. The number of anilines is 2. The van der Waals surface area contributed by atoms with E-state index in [0.29, 0.717) is 7.28 Å². The molecule has 10 aromatic rings. The van der Waals surface area contributed by atoms with Crippen molar-refractivity contribution in [2.75, 3.05) is 5.32 Å². The van der Waals surface area contributed by atoms with Gasteiger partial charge in [0.1, 0.15) is 16.7 Å². The fourth-order valence-electron chi connectivity index (χ4n) is 13.3. The average molecular weight is 945 g/mol. The molecule has 7 aromatic carbocycles. The summed E-state index contributed by atoms with van der Waals surface area (Å²) < 4.78 is 16.9. The molecule has 3 aromatic heterocycles. The lowest BCUT2D eigenvalue weighted by Crippen LogP contribution is -2.37. The maximum Gasteiger partial charge on any atom is 0.244 e. The van der Waals surface area contributed by atoms with Crippen molar-refractivity contribution in [3.05, 3.63) is 148 Å². The lowest BCUT2D eigenvalue weighted by atomic mass is 9.60. The summed E-state index contributed by atoms with van der Waals surface area (Å²) in [5.41, 5.74) is 25.2. The average Bonchev–Trinajstić information content (AvgIpc) is 4.03. The van der Waals surface area contributed by atoms with Gasteiger partial charge >= 0.3 is 0 Å². The highest BCUT2D eigenvalue weighted by atomic mass is 16.3. The van der Waals surface area contributed by atoms with Crippen LogP contribution in [0.15, 0.2) is 118 Å². The van der Waals surface area contributed by atoms with Gasteiger partial charge in [-0.2, -0.15) is 0 Å². The van der Waals surface area contributed by atoms with Crippen LogP contribution < -0.4 is 16.4 Å². The molecule has 0 fully saturated rings. The number of hydrogen-bond acceptors (Lipinski definition) is 3. The number of nitrogens with one attached hydrogen (secondary N) is 1. The normalized spacial score (nSPS) is 16.6. The quantitative estimate of drug-likeness (QED) is 0.180. The third-order valence-corrected chi connectivity index (χ3v) is 17.7. The van der Waals surface area contributed by atoms with E-state index in [2.05, 4.69) is 223 Å². The Labute approximate surface area is 426 Å². The molecule has 1 aliphatic heterocycles. The second-order valence-electron chi connectivity index (χ2n) is 26.9. The summed E-state index contributed by atoms with van der Waals surface area (Å²) in [6.45, 7) is 35.4. The van der Waals surface area contributed by atoms with Gasteiger partial charge in [-0.3, -0.25) is 0 Å². The Balaban J connectivity index is 1.21. The molecule has 1 N–H and O–H groups in total. The van der Waals surface area contributed by atoms with E-state index >= 15 is 0 Å². The van der Waals surface area contributed by atoms with Crippen LogP contribution in [-0.2, 0) is 32.5 Å². The second kappa shape index (κ2) is 14.4. The van der Waals surface area contributed by atoms with Gasteiger partial charge in [0.15, 0.2) is 0 Å². The minimum absolute atomic E-state index is 0.0258. The summed E-state index contributed by atoms with van der Waals surface area (Å²) in [5.74, 6) is 0. The zero-order valence-corrected chi connectivity index (χ0v) is 45.3. The van der Waals surface area contributed by atoms with Gasteiger partial charge in [0.05, 0.1) is 22.6 Å². The van der Waals surface area contributed by atoms with E-state index in [1.165, 1.54) is 105 Å². The van der Waals surface area contributed by atoms with Gasteiger partial charge in [0, 0.05) is 55.2 Å². The standard InChI is InChI=1S/C67H69BN2O2/c1-62(2,3)36-20-24-39(25-21-36)69-49-35-53-41(42-33-47-48(34-52(42)71-53)66(12,13)29-28-65(47,10)11)32-43(49)55-54-40-18-16-17-19-46(40)67(14,15)57(54)56-44-30-37(63(4,5)6)22-26-50(44)70-59-45-31-38(64(7,8)9)23-27-51(45)72-61(59)68-58(55)60(56)70/h16-27,30-35,68-69H,28-29H2,1-15H3. The van der Waals surface area contributed by atoms with Crippen molar-refractivity contribution in [3.63, 3.8) is 0 Å². The lowest BCUT2D eigenvalue weighted by Gasteiger charge is -2.41. The molecule has 0 unspecified atom stereocenters. The SMILES string of the molecule is CC(C)(C)c1ccc(Nc2cc3oc4cc5c(cc4c3cc2-c2c3c(c4c6cc(C(C)(C)C)ccc6n6c4c2Bc2oc4ccc(C(C)(C)C)cc4c2-6)C(C)(C)c2ccccc2-3)C(C)(C)CCC5(C)C)cc1. The summed E-state index contributed by atoms with van der Waals surface area (Å²) in [6, 6.07) is 42.1. The molecule has 72 heavy (non-hydrogen) atoms. The van der Waals surface area contributed by atoms with Crippen LogP contribution in [0, 0.1) is 0 Å². The maximum atomic E-state index is 7.18. The molecule has 362 valence electrons. The van der Waals surface area contributed by atoms with Crippen LogP contribution in [-0.4, -0.2) is 11.8 Å². The lowest BCUT2D eigenvalue weighted by molar-refractivity contribution is 0.332. The van der Waals surface area contributed by atoms with Crippen LogP contribution in [0.3, 0.4) is 0 Å². The molecule has 3 aliphatic rings. The second-order valence-corrected chi connectivity index (χ2v) is 26.9. The highest BCUT2D eigenvalue weighted by molar-refractivity contribution is 6.73. The molecule has 0 saturated carbocycles. The first-order valence-electron chi connectivity index (χ1n) is 26.6. The number of aromatic nitrogens is 1. The first-order valence-corrected chi connectivity index (χ1v) is 26.6. The molecule has 0 saturated heterocycles. The van der Waals surface area contributed by atoms with Crippen molar-refractivity contribution in [2.24, 2.45) is 0 Å². The zero-order chi connectivity index (χ0) is 50.6. The number of benzene rings is 7. The summed E-state index contributed by atoms with van der Waals surface area (Å²) in [7, 11) is 0.652. The molecule has 0 amide bonds. The predicted molar refractivity (Wildman–Crippen MR) is 308 cm³/mol. The monoisotopic (exact) mass is 945 g/mol. The van der Waals surface area contributed by atoms with Crippen LogP contribution >= 0.6 is 0 Å². The predicted octanol–water partition coefficient (Wildman–Crippen LogP) is 17.1. The molecule has 5 heteroatoms. The molecule has 2 aliphatic carbocycles. The van der Waals surface area contributed by atoms with E-state index in [9.17, 15) is 0 Å². The summed E-state index contributed by atoms with van der Waals surface area (Å²) in [6.07, 6.45) is 2.30. The van der Waals surface area contributed by atoms with Crippen LogP contribution in [0.1, 0.15) is 156 Å². The third-order valence-electron chi connectivity index (χ3n) is 17.7. The fraction of sp³-hybridized carbons (Fsp3) is 0.343. The molecular formula is C67H69BN2O2. The van der Waals surface area contributed by atoms with E-state index in [1.807, 2.05) is 0 Å². The fourth-order valence-corrected chi connectivity index (χ4v) is 13.3. The van der Waals surface area contributed by atoms with Crippen LogP contribution in [0.5, 0.6) is 0 Å². The largest absolute Gasteiger partial charge is 0.469 e. The van der Waals surface area contributed by atoms with Crippen molar-refractivity contribution >= 4 is 84.5 Å².